The van der Waals surface area contributed by atoms with Crippen molar-refractivity contribution in [3.05, 3.63) is 204 Å². The van der Waals surface area contributed by atoms with Crippen LogP contribution < -0.4 is 9.80 Å². The van der Waals surface area contributed by atoms with Crippen LogP contribution >= 0.6 is 0 Å². The number of benzene rings is 7. The maximum Gasteiger partial charge on any atom is 0.0490 e. The molecule has 1 aliphatic rings. The largest absolute Gasteiger partial charge is 0.311 e. The second-order valence-electron chi connectivity index (χ2n) is 13.5. The van der Waals surface area contributed by atoms with Crippen molar-refractivity contribution in [2.45, 2.75) is 26.2 Å². The minimum absolute atomic E-state index is 0.0619. The van der Waals surface area contributed by atoms with E-state index in [0.717, 1.165) is 33.9 Å². The molecule has 0 unspecified atom stereocenters. The minimum Gasteiger partial charge on any atom is -0.311 e. The average Bonchev–Trinajstić information content (AvgIpc) is 3.39. The number of para-hydroxylation sites is 3. The molecule has 0 amide bonds. The van der Waals surface area contributed by atoms with Gasteiger partial charge in [0.25, 0.3) is 0 Å². The zero-order valence-corrected chi connectivity index (χ0v) is 28.8. The Bertz CT molecular complexity index is 2240. The molecule has 242 valence electrons. The van der Waals surface area contributed by atoms with Crippen molar-refractivity contribution in [3.63, 3.8) is 0 Å². The molecular weight excluding hydrogens is 605 g/mol. The second kappa shape index (κ2) is 13.1. The Morgan fingerprint density at radius 1 is 0.400 bits per heavy atom. The molecular formula is C48H40N2. The van der Waals surface area contributed by atoms with E-state index in [-0.39, 0.29) is 5.41 Å². The fourth-order valence-electron chi connectivity index (χ4n) is 7.34. The molecule has 0 bridgehead atoms. The molecule has 0 atom stereocenters. The van der Waals surface area contributed by atoms with Gasteiger partial charge in [-0.2, -0.15) is 0 Å². The van der Waals surface area contributed by atoms with E-state index in [9.17, 15) is 0 Å². The standard InChI is InChI=1S/C48H40N2/c1-35-14-10-13-21-47(35)50(42-32-33-44-43-19-11-12-20-45(43)48(2,3)46(44)34-42)41-30-26-37(27-31-41)23-22-36-24-28-40(29-25-36)49(38-15-6-4-7-16-38)39-17-8-5-9-18-39/h4-34H,1-3H3. The van der Waals surface area contributed by atoms with Gasteiger partial charge < -0.3 is 9.80 Å². The van der Waals surface area contributed by atoms with Gasteiger partial charge >= 0.3 is 0 Å². The van der Waals surface area contributed by atoms with Gasteiger partial charge in [-0.3, -0.25) is 0 Å². The monoisotopic (exact) mass is 644 g/mol. The maximum atomic E-state index is 2.40. The van der Waals surface area contributed by atoms with Crippen LogP contribution in [0.25, 0.3) is 23.3 Å². The summed E-state index contributed by atoms with van der Waals surface area (Å²) in [5.74, 6) is 0. The molecule has 8 rings (SSSR count). The summed E-state index contributed by atoms with van der Waals surface area (Å²) < 4.78 is 0. The van der Waals surface area contributed by atoms with Crippen LogP contribution in [0.4, 0.5) is 34.1 Å². The lowest BCUT2D eigenvalue weighted by atomic mass is 9.82. The van der Waals surface area contributed by atoms with Crippen molar-refractivity contribution in [1.29, 1.82) is 0 Å². The highest BCUT2D eigenvalue weighted by Crippen LogP contribution is 2.50. The molecule has 0 saturated heterocycles. The zero-order chi connectivity index (χ0) is 34.1. The van der Waals surface area contributed by atoms with E-state index in [1.165, 1.54) is 39.2 Å². The molecule has 50 heavy (non-hydrogen) atoms. The van der Waals surface area contributed by atoms with Gasteiger partial charge in [-0.05, 0) is 113 Å². The number of nitrogens with zero attached hydrogens (tertiary/aromatic N) is 2. The first-order valence-corrected chi connectivity index (χ1v) is 17.4. The lowest BCUT2D eigenvalue weighted by Crippen LogP contribution is -2.16. The van der Waals surface area contributed by atoms with Crippen LogP contribution in [0.5, 0.6) is 0 Å². The van der Waals surface area contributed by atoms with Crippen LogP contribution in [0.2, 0.25) is 0 Å². The molecule has 2 heteroatoms. The van der Waals surface area contributed by atoms with E-state index in [1.807, 2.05) is 0 Å². The highest BCUT2D eigenvalue weighted by atomic mass is 15.1. The van der Waals surface area contributed by atoms with E-state index < -0.39 is 0 Å². The molecule has 7 aromatic carbocycles. The van der Waals surface area contributed by atoms with Crippen molar-refractivity contribution < 1.29 is 0 Å². The lowest BCUT2D eigenvalue weighted by Gasteiger charge is -2.29. The zero-order valence-electron chi connectivity index (χ0n) is 28.8. The fourth-order valence-corrected chi connectivity index (χ4v) is 7.34. The molecule has 1 aliphatic carbocycles. The van der Waals surface area contributed by atoms with Crippen molar-refractivity contribution in [1.82, 2.24) is 0 Å². The van der Waals surface area contributed by atoms with Crippen LogP contribution in [-0.2, 0) is 5.41 Å². The number of hydrogen-bond acceptors (Lipinski definition) is 2. The summed E-state index contributed by atoms with van der Waals surface area (Å²) in [6, 6.07) is 63.2. The third-order valence-electron chi connectivity index (χ3n) is 9.98. The van der Waals surface area contributed by atoms with Crippen LogP contribution in [0.3, 0.4) is 0 Å². The first-order valence-electron chi connectivity index (χ1n) is 17.4. The van der Waals surface area contributed by atoms with Gasteiger partial charge in [-0.25, -0.2) is 0 Å². The molecule has 2 nitrogen and oxygen atoms in total. The van der Waals surface area contributed by atoms with Gasteiger partial charge in [-0.15, -0.1) is 0 Å². The molecule has 0 spiro atoms. The summed E-state index contributed by atoms with van der Waals surface area (Å²) >= 11 is 0. The van der Waals surface area contributed by atoms with E-state index in [1.54, 1.807) is 0 Å². The minimum atomic E-state index is -0.0619. The number of aryl methyl sites for hydroxylation is 1. The summed E-state index contributed by atoms with van der Waals surface area (Å²) in [6.45, 7) is 6.88. The second-order valence-corrected chi connectivity index (χ2v) is 13.5. The summed E-state index contributed by atoms with van der Waals surface area (Å²) in [5.41, 5.74) is 15.8. The molecule has 0 aromatic heterocycles. The van der Waals surface area contributed by atoms with Crippen LogP contribution in [0, 0.1) is 6.92 Å². The maximum absolute atomic E-state index is 2.40. The first-order chi connectivity index (χ1) is 24.5. The SMILES string of the molecule is Cc1ccccc1N(c1ccc(C=Cc2ccc(N(c3ccccc3)c3ccccc3)cc2)cc1)c1ccc2c(c1)C(C)(C)c1ccccc1-2. The van der Waals surface area contributed by atoms with E-state index >= 15 is 0 Å². The first kappa shape index (κ1) is 31.2. The van der Waals surface area contributed by atoms with Crippen LogP contribution in [0.15, 0.2) is 176 Å². The number of rotatable bonds is 8. The molecule has 7 aromatic rings. The van der Waals surface area contributed by atoms with Gasteiger partial charge in [0, 0.05) is 39.5 Å². The van der Waals surface area contributed by atoms with Crippen molar-refractivity contribution in [3.8, 4) is 11.1 Å². The number of anilines is 6. The average molecular weight is 645 g/mol. The molecule has 0 aliphatic heterocycles. The van der Waals surface area contributed by atoms with Gasteiger partial charge in [-0.1, -0.05) is 135 Å². The van der Waals surface area contributed by atoms with E-state index in [2.05, 4.69) is 219 Å². The van der Waals surface area contributed by atoms with Gasteiger partial charge in [0.1, 0.15) is 0 Å². The summed E-state index contributed by atoms with van der Waals surface area (Å²) in [5, 5.41) is 0. The Hall–Kier alpha value is -6.12. The highest BCUT2D eigenvalue weighted by molar-refractivity contribution is 5.86. The van der Waals surface area contributed by atoms with E-state index in [4.69, 9.17) is 0 Å². The van der Waals surface area contributed by atoms with Gasteiger partial charge in [0.05, 0.1) is 0 Å². The molecule has 0 N–H and O–H groups in total. The van der Waals surface area contributed by atoms with Gasteiger partial charge in [0.15, 0.2) is 0 Å². The van der Waals surface area contributed by atoms with Crippen molar-refractivity contribution >= 4 is 46.3 Å². The van der Waals surface area contributed by atoms with Crippen molar-refractivity contribution in [2.75, 3.05) is 9.80 Å². The summed E-state index contributed by atoms with van der Waals surface area (Å²) in [6.07, 6.45) is 4.38. The molecule has 0 fully saturated rings. The van der Waals surface area contributed by atoms with Crippen LogP contribution in [-0.4, -0.2) is 0 Å². The van der Waals surface area contributed by atoms with Gasteiger partial charge in [0.2, 0.25) is 0 Å². The smallest absolute Gasteiger partial charge is 0.0490 e. The quantitative estimate of drug-likeness (QED) is 0.152. The lowest BCUT2D eigenvalue weighted by molar-refractivity contribution is 0.660. The molecule has 0 saturated carbocycles. The summed E-state index contributed by atoms with van der Waals surface area (Å²) in [7, 11) is 0. The Labute approximate surface area is 296 Å². The third kappa shape index (κ3) is 5.80. The Balaban J connectivity index is 1.08. The number of fused-ring (bicyclic) bond motifs is 3. The van der Waals surface area contributed by atoms with Crippen molar-refractivity contribution in [2.24, 2.45) is 0 Å². The Morgan fingerprint density at radius 2 is 0.860 bits per heavy atom. The third-order valence-corrected chi connectivity index (χ3v) is 9.98. The highest BCUT2D eigenvalue weighted by Gasteiger charge is 2.35. The Kier molecular flexibility index (Phi) is 8.14. The summed E-state index contributed by atoms with van der Waals surface area (Å²) in [4.78, 5) is 4.68. The fraction of sp³-hybridized carbons (Fsp3) is 0.0833. The Morgan fingerprint density at radius 3 is 1.46 bits per heavy atom. The number of hydrogen-bond donors (Lipinski definition) is 0. The predicted molar refractivity (Wildman–Crippen MR) is 213 cm³/mol. The van der Waals surface area contributed by atoms with E-state index in [0.29, 0.717) is 0 Å². The molecule has 0 heterocycles. The molecule has 0 radical (unpaired) electrons. The predicted octanol–water partition coefficient (Wildman–Crippen LogP) is 13.4. The normalized spacial score (nSPS) is 12.8. The van der Waals surface area contributed by atoms with Crippen LogP contribution in [0.1, 0.15) is 41.7 Å². The topological polar surface area (TPSA) is 6.48 Å².